The molecule has 3 aromatic rings. The zero-order chi connectivity index (χ0) is 18.5. The fourth-order valence-corrected chi connectivity index (χ4v) is 3.48. The molecule has 0 aliphatic heterocycles. The van der Waals surface area contributed by atoms with Gasteiger partial charge in [0.1, 0.15) is 13.1 Å². The standard InChI is InChI=1S/C22H27N3O/c1-4-16-11-8-12-18-19(15-24-20(16)18)22(26)21(23-13-14-25(2)3)17-9-6-5-7-10-17/h5-12,15,21,23-24H,4,13-14H2,1-3H3/p+2/t21-/m0/s1. The highest BCUT2D eigenvalue weighted by Crippen LogP contribution is 2.25. The van der Waals surface area contributed by atoms with Crippen molar-refractivity contribution in [1.29, 1.82) is 0 Å². The van der Waals surface area contributed by atoms with Crippen LogP contribution in [-0.4, -0.2) is 38.0 Å². The number of nitrogens with one attached hydrogen (secondary N) is 2. The minimum absolute atomic E-state index is 0.171. The van der Waals surface area contributed by atoms with Crippen LogP contribution in [0.4, 0.5) is 0 Å². The number of likely N-dealkylation sites (N-methyl/N-ethyl adjacent to an activating group) is 1. The molecule has 0 bridgehead atoms. The summed E-state index contributed by atoms with van der Waals surface area (Å²) in [6.07, 6.45) is 2.83. The molecule has 0 saturated carbocycles. The van der Waals surface area contributed by atoms with E-state index in [1.165, 1.54) is 10.5 Å². The summed E-state index contributed by atoms with van der Waals surface area (Å²) in [6.45, 7) is 4.07. The van der Waals surface area contributed by atoms with Crippen LogP contribution in [0, 0.1) is 0 Å². The number of H-pyrrole nitrogens is 1. The number of quaternary nitrogens is 2. The lowest BCUT2D eigenvalue weighted by molar-refractivity contribution is -0.876. The van der Waals surface area contributed by atoms with E-state index in [1.54, 1.807) is 0 Å². The molecule has 0 unspecified atom stereocenters. The third-order valence-electron chi connectivity index (χ3n) is 4.94. The SMILES string of the molecule is CCc1cccc2c(C(=O)[C@@H]([NH2+]CC[NH+](C)C)c3ccccc3)c[nH]c12. The molecule has 4 nitrogen and oxygen atoms in total. The molecule has 2 aromatic carbocycles. The zero-order valence-corrected chi connectivity index (χ0v) is 15.9. The number of hydrogen-bond donors (Lipinski definition) is 3. The number of fused-ring (bicyclic) bond motifs is 1. The van der Waals surface area contributed by atoms with E-state index in [2.05, 4.69) is 37.4 Å². The highest BCUT2D eigenvalue weighted by molar-refractivity contribution is 6.10. The quantitative estimate of drug-likeness (QED) is 0.528. The van der Waals surface area contributed by atoms with Crippen molar-refractivity contribution >= 4 is 16.7 Å². The summed E-state index contributed by atoms with van der Waals surface area (Å²) in [7, 11) is 4.28. The molecule has 4 heteroatoms. The minimum Gasteiger partial charge on any atom is -0.360 e. The van der Waals surface area contributed by atoms with Gasteiger partial charge in [-0.3, -0.25) is 4.79 Å². The Morgan fingerprint density at radius 3 is 2.58 bits per heavy atom. The molecule has 0 aliphatic rings. The molecule has 136 valence electrons. The van der Waals surface area contributed by atoms with Crippen LogP contribution in [0.25, 0.3) is 10.9 Å². The predicted molar refractivity (Wildman–Crippen MR) is 106 cm³/mol. The summed E-state index contributed by atoms with van der Waals surface area (Å²) < 4.78 is 0. The van der Waals surface area contributed by atoms with E-state index >= 15 is 0 Å². The molecule has 1 heterocycles. The number of aryl methyl sites for hydroxylation is 1. The van der Waals surface area contributed by atoms with Crippen molar-refractivity contribution in [2.75, 3.05) is 27.2 Å². The van der Waals surface area contributed by atoms with Gasteiger partial charge in [-0.15, -0.1) is 0 Å². The van der Waals surface area contributed by atoms with Gasteiger partial charge in [-0.2, -0.15) is 0 Å². The summed E-state index contributed by atoms with van der Waals surface area (Å²) in [6, 6.07) is 16.1. The van der Waals surface area contributed by atoms with Gasteiger partial charge >= 0.3 is 0 Å². The number of benzene rings is 2. The lowest BCUT2D eigenvalue weighted by atomic mass is 9.96. The second-order valence-electron chi connectivity index (χ2n) is 7.13. The van der Waals surface area contributed by atoms with Gasteiger partial charge in [0.25, 0.3) is 0 Å². The summed E-state index contributed by atoms with van der Waals surface area (Å²) >= 11 is 0. The summed E-state index contributed by atoms with van der Waals surface area (Å²) in [5.74, 6) is 0.171. The van der Waals surface area contributed by atoms with Crippen molar-refractivity contribution in [3.05, 3.63) is 71.4 Å². The first-order valence-corrected chi connectivity index (χ1v) is 9.42. The van der Waals surface area contributed by atoms with E-state index in [-0.39, 0.29) is 11.8 Å². The third kappa shape index (κ3) is 3.87. The molecular weight excluding hydrogens is 322 g/mol. The lowest BCUT2D eigenvalue weighted by Crippen LogP contribution is -3.09. The van der Waals surface area contributed by atoms with Gasteiger partial charge < -0.3 is 15.2 Å². The molecule has 0 radical (unpaired) electrons. The number of ketones is 1. The monoisotopic (exact) mass is 351 g/mol. The zero-order valence-electron chi connectivity index (χ0n) is 15.9. The lowest BCUT2D eigenvalue weighted by Gasteiger charge is -2.15. The van der Waals surface area contributed by atoms with Crippen LogP contribution in [0.2, 0.25) is 0 Å². The number of rotatable bonds is 8. The maximum absolute atomic E-state index is 13.4. The van der Waals surface area contributed by atoms with Crippen molar-refractivity contribution in [3.63, 3.8) is 0 Å². The third-order valence-corrected chi connectivity index (χ3v) is 4.94. The summed E-state index contributed by atoms with van der Waals surface area (Å²) in [4.78, 5) is 18.2. The van der Waals surface area contributed by atoms with Gasteiger partial charge in [-0.25, -0.2) is 0 Å². The Bertz CT molecular complexity index is 867. The largest absolute Gasteiger partial charge is 0.360 e. The minimum atomic E-state index is -0.208. The van der Waals surface area contributed by atoms with Gasteiger partial charge in [0.15, 0.2) is 6.04 Å². The number of carbonyl (C=O) groups is 1. The number of carbonyl (C=O) groups excluding carboxylic acids is 1. The molecule has 4 N–H and O–H groups in total. The molecule has 26 heavy (non-hydrogen) atoms. The van der Waals surface area contributed by atoms with Crippen molar-refractivity contribution in [2.45, 2.75) is 19.4 Å². The second-order valence-corrected chi connectivity index (χ2v) is 7.13. The van der Waals surface area contributed by atoms with Crippen LogP contribution in [-0.2, 0) is 6.42 Å². The van der Waals surface area contributed by atoms with Crippen LogP contribution < -0.4 is 10.2 Å². The van der Waals surface area contributed by atoms with Crippen LogP contribution in [0.3, 0.4) is 0 Å². The first kappa shape index (κ1) is 18.4. The number of Topliss-reactive ketones (excluding diaryl/α,β-unsaturated/α-hetero) is 1. The summed E-state index contributed by atoms with van der Waals surface area (Å²) in [5.41, 5.74) is 4.19. The number of aromatic amines is 1. The average Bonchev–Trinajstić information content (AvgIpc) is 3.09. The van der Waals surface area contributed by atoms with E-state index in [9.17, 15) is 4.79 Å². The van der Waals surface area contributed by atoms with Crippen molar-refractivity contribution < 1.29 is 15.0 Å². The predicted octanol–water partition coefficient (Wildman–Crippen LogP) is 1.36. The van der Waals surface area contributed by atoms with E-state index < -0.39 is 0 Å². The smallest absolute Gasteiger partial charge is 0.226 e. The Balaban J connectivity index is 1.95. The van der Waals surface area contributed by atoms with Crippen molar-refractivity contribution in [2.24, 2.45) is 0 Å². The van der Waals surface area contributed by atoms with Crippen LogP contribution in [0.1, 0.15) is 34.5 Å². The number of nitrogens with two attached hydrogens (primary N) is 1. The van der Waals surface area contributed by atoms with Crippen LogP contribution >= 0.6 is 0 Å². The Labute approximate surface area is 155 Å². The van der Waals surface area contributed by atoms with Crippen LogP contribution in [0.15, 0.2) is 54.7 Å². The van der Waals surface area contributed by atoms with Crippen molar-refractivity contribution in [3.8, 4) is 0 Å². The van der Waals surface area contributed by atoms with E-state index in [0.717, 1.165) is 41.5 Å². The van der Waals surface area contributed by atoms with Gasteiger partial charge in [0.05, 0.1) is 14.1 Å². The number of para-hydroxylation sites is 1. The van der Waals surface area contributed by atoms with Gasteiger partial charge in [-0.05, 0) is 12.0 Å². The fourth-order valence-electron chi connectivity index (χ4n) is 3.48. The Hall–Kier alpha value is -2.43. The molecule has 1 atom stereocenters. The van der Waals surface area contributed by atoms with E-state index in [0.29, 0.717) is 0 Å². The molecule has 3 rings (SSSR count). The number of aromatic nitrogens is 1. The molecule has 0 aliphatic carbocycles. The number of hydrogen-bond acceptors (Lipinski definition) is 1. The molecule has 1 aromatic heterocycles. The van der Waals surface area contributed by atoms with E-state index in [4.69, 9.17) is 0 Å². The Kier molecular flexibility index (Phi) is 5.86. The Morgan fingerprint density at radius 1 is 1.12 bits per heavy atom. The average molecular weight is 351 g/mol. The van der Waals surface area contributed by atoms with Gasteiger partial charge in [0, 0.05) is 28.2 Å². The molecule has 0 saturated heterocycles. The van der Waals surface area contributed by atoms with E-state index in [1.807, 2.05) is 48.7 Å². The molecule has 0 fully saturated rings. The summed E-state index contributed by atoms with van der Waals surface area (Å²) in [5, 5.41) is 3.20. The van der Waals surface area contributed by atoms with Gasteiger partial charge in [0.2, 0.25) is 5.78 Å². The highest BCUT2D eigenvalue weighted by Gasteiger charge is 2.27. The maximum Gasteiger partial charge on any atom is 0.226 e. The molecular formula is C22H29N3O+2. The topological polar surface area (TPSA) is 53.9 Å². The second kappa shape index (κ2) is 8.30. The molecule has 0 spiro atoms. The fraction of sp³-hybridized carbons (Fsp3) is 0.318. The maximum atomic E-state index is 13.4. The first-order chi connectivity index (χ1) is 12.6. The first-order valence-electron chi connectivity index (χ1n) is 9.42. The van der Waals surface area contributed by atoms with Gasteiger partial charge in [-0.1, -0.05) is 55.5 Å². The Morgan fingerprint density at radius 2 is 1.88 bits per heavy atom. The highest BCUT2D eigenvalue weighted by atomic mass is 16.1. The van der Waals surface area contributed by atoms with Crippen LogP contribution in [0.5, 0.6) is 0 Å². The van der Waals surface area contributed by atoms with Crippen molar-refractivity contribution in [1.82, 2.24) is 4.98 Å². The molecule has 0 amide bonds. The normalized spacial score (nSPS) is 12.6.